The zero-order valence-corrected chi connectivity index (χ0v) is 19.7. The van der Waals surface area contributed by atoms with E-state index in [1.54, 1.807) is 31.2 Å². The number of carbonyl (C=O) groups is 2. The van der Waals surface area contributed by atoms with Crippen LogP contribution in [0.5, 0.6) is 0 Å². The summed E-state index contributed by atoms with van der Waals surface area (Å²) in [5.41, 5.74) is 1.43. The van der Waals surface area contributed by atoms with Gasteiger partial charge in [-0.05, 0) is 43.2 Å². The first-order chi connectivity index (χ1) is 15.8. The van der Waals surface area contributed by atoms with Gasteiger partial charge in [-0.1, -0.05) is 47.4 Å². The van der Waals surface area contributed by atoms with Crippen molar-refractivity contribution in [2.24, 2.45) is 0 Å². The number of nitrogens with one attached hydrogen (secondary N) is 1. The summed E-state index contributed by atoms with van der Waals surface area (Å²) in [4.78, 5) is 30.9. The number of halogens is 3. The molecule has 0 saturated carbocycles. The molecule has 1 N–H and O–H groups in total. The number of aromatic nitrogens is 2. The Hall–Kier alpha value is -2.97. The maximum absolute atomic E-state index is 13.8. The summed E-state index contributed by atoms with van der Waals surface area (Å²) in [6, 6.07) is 9.41. The Morgan fingerprint density at radius 1 is 1.18 bits per heavy atom. The number of nitrogens with zero attached hydrogens (tertiary/aromatic N) is 3. The van der Waals surface area contributed by atoms with Crippen LogP contribution in [0.25, 0.3) is 11.4 Å². The fourth-order valence-electron chi connectivity index (χ4n) is 3.09. The standard InChI is InChI=1S/C23H23Cl2FN4O3/c1-3-10-30(13-20(31)27-19-7-6-16(24)12-17(19)25)22(32)9-8-21-28-23(29-33-21)15-5-4-14(2)18(26)11-15/h4-7,11-12H,3,8-10,13H2,1-2H3,(H,27,31). The Labute approximate surface area is 200 Å². The predicted molar refractivity (Wildman–Crippen MR) is 125 cm³/mol. The molecule has 0 atom stereocenters. The molecule has 0 saturated heterocycles. The quantitative estimate of drug-likeness (QED) is 0.437. The van der Waals surface area contributed by atoms with Crippen LogP contribution in [0.15, 0.2) is 40.9 Å². The molecule has 3 rings (SSSR count). The molecule has 33 heavy (non-hydrogen) atoms. The van der Waals surface area contributed by atoms with Gasteiger partial charge in [0.25, 0.3) is 0 Å². The van der Waals surface area contributed by atoms with Crippen LogP contribution in [0.4, 0.5) is 10.1 Å². The lowest BCUT2D eigenvalue weighted by Gasteiger charge is -2.21. The van der Waals surface area contributed by atoms with Gasteiger partial charge < -0.3 is 14.7 Å². The summed E-state index contributed by atoms with van der Waals surface area (Å²) in [5, 5.41) is 7.32. The largest absolute Gasteiger partial charge is 0.339 e. The molecule has 0 aliphatic carbocycles. The van der Waals surface area contributed by atoms with E-state index in [4.69, 9.17) is 27.7 Å². The van der Waals surface area contributed by atoms with E-state index in [1.807, 2.05) is 6.92 Å². The van der Waals surface area contributed by atoms with E-state index in [-0.39, 0.29) is 48.7 Å². The number of benzene rings is 2. The molecule has 174 valence electrons. The van der Waals surface area contributed by atoms with Gasteiger partial charge in [0.1, 0.15) is 5.82 Å². The second kappa shape index (κ2) is 11.2. The number of rotatable bonds is 9. The van der Waals surface area contributed by atoms with Crippen molar-refractivity contribution in [2.45, 2.75) is 33.1 Å². The minimum atomic E-state index is -0.373. The molecular formula is C23H23Cl2FN4O3. The van der Waals surface area contributed by atoms with Crippen molar-refractivity contribution >= 4 is 40.7 Å². The molecule has 0 radical (unpaired) electrons. The van der Waals surface area contributed by atoms with Gasteiger partial charge in [-0.25, -0.2) is 4.39 Å². The molecular weight excluding hydrogens is 470 g/mol. The summed E-state index contributed by atoms with van der Waals surface area (Å²) >= 11 is 12.0. The van der Waals surface area contributed by atoms with Crippen molar-refractivity contribution < 1.29 is 18.5 Å². The van der Waals surface area contributed by atoms with Gasteiger partial charge in [0.15, 0.2) is 0 Å². The number of amides is 2. The van der Waals surface area contributed by atoms with Crippen LogP contribution in [-0.2, 0) is 16.0 Å². The first-order valence-electron chi connectivity index (χ1n) is 10.4. The van der Waals surface area contributed by atoms with Gasteiger partial charge in [-0.15, -0.1) is 0 Å². The minimum Gasteiger partial charge on any atom is -0.339 e. The molecule has 0 aliphatic rings. The Kier molecular flexibility index (Phi) is 8.41. The highest BCUT2D eigenvalue weighted by Crippen LogP contribution is 2.25. The van der Waals surface area contributed by atoms with E-state index in [2.05, 4.69) is 15.5 Å². The second-order valence-electron chi connectivity index (χ2n) is 7.46. The zero-order valence-electron chi connectivity index (χ0n) is 18.2. The highest BCUT2D eigenvalue weighted by molar-refractivity contribution is 6.36. The van der Waals surface area contributed by atoms with E-state index in [0.717, 1.165) is 0 Å². The van der Waals surface area contributed by atoms with E-state index in [0.29, 0.717) is 39.8 Å². The number of aryl methyl sites for hydroxylation is 2. The third kappa shape index (κ3) is 6.76. The van der Waals surface area contributed by atoms with E-state index >= 15 is 0 Å². The molecule has 1 aromatic heterocycles. The number of anilines is 1. The second-order valence-corrected chi connectivity index (χ2v) is 8.31. The maximum Gasteiger partial charge on any atom is 0.244 e. The molecule has 0 spiro atoms. The van der Waals surface area contributed by atoms with Gasteiger partial charge >= 0.3 is 0 Å². The molecule has 1 heterocycles. The Morgan fingerprint density at radius 2 is 1.97 bits per heavy atom. The molecule has 2 aromatic carbocycles. The van der Waals surface area contributed by atoms with Gasteiger partial charge in [-0.2, -0.15) is 4.98 Å². The van der Waals surface area contributed by atoms with Crippen LogP contribution in [0, 0.1) is 12.7 Å². The van der Waals surface area contributed by atoms with E-state index < -0.39 is 0 Å². The lowest BCUT2D eigenvalue weighted by atomic mass is 10.1. The van der Waals surface area contributed by atoms with Crippen LogP contribution < -0.4 is 5.32 Å². The normalized spacial score (nSPS) is 10.8. The Balaban J connectivity index is 1.58. The minimum absolute atomic E-state index is 0.0822. The Bertz CT molecular complexity index is 1150. The van der Waals surface area contributed by atoms with Crippen LogP contribution in [0.3, 0.4) is 0 Å². The monoisotopic (exact) mass is 492 g/mol. The number of hydrogen-bond donors (Lipinski definition) is 1. The first kappa shape index (κ1) is 24.7. The molecule has 0 bridgehead atoms. The van der Waals surface area contributed by atoms with Crippen molar-refractivity contribution in [3.63, 3.8) is 0 Å². The third-order valence-corrected chi connectivity index (χ3v) is 5.38. The fourth-order valence-corrected chi connectivity index (χ4v) is 3.55. The average molecular weight is 493 g/mol. The van der Waals surface area contributed by atoms with Crippen molar-refractivity contribution in [3.05, 3.63) is 63.7 Å². The van der Waals surface area contributed by atoms with Gasteiger partial charge in [-0.3, -0.25) is 9.59 Å². The predicted octanol–water partition coefficient (Wildman–Crippen LogP) is 5.30. The summed E-state index contributed by atoms with van der Waals surface area (Å²) in [7, 11) is 0. The molecule has 0 aliphatic heterocycles. The van der Waals surface area contributed by atoms with Crippen LogP contribution in [-0.4, -0.2) is 39.9 Å². The molecule has 10 heteroatoms. The summed E-state index contributed by atoms with van der Waals surface area (Å²) in [6.07, 6.45) is 0.967. The summed E-state index contributed by atoms with van der Waals surface area (Å²) < 4.78 is 19.0. The van der Waals surface area contributed by atoms with E-state index in [9.17, 15) is 14.0 Å². The fraction of sp³-hybridized carbons (Fsp3) is 0.304. The van der Waals surface area contributed by atoms with E-state index in [1.165, 1.54) is 17.0 Å². The van der Waals surface area contributed by atoms with Crippen LogP contribution >= 0.6 is 23.2 Å². The van der Waals surface area contributed by atoms with Gasteiger partial charge in [0.05, 0.1) is 17.3 Å². The molecule has 3 aromatic rings. The van der Waals surface area contributed by atoms with Crippen molar-refractivity contribution in [1.29, 1.82) is 0 Å². The summed E-state index contributed by atoms with van der Waals surface area (Å²) in [6.45, 7) is 3.87. The topological polar surface area (TPSA) is 88.3 Å². The zero-order chi connectivity index (χ0) is 24.0. The van der Waals surface area contributed by atoms with Crippen LogP contribution in [0.1, 0.15) is 31.2 Å². The van der Waals surface area contributed by atoms with Crippen molar-refractivity contribution in [3.8, 4) is 11.4 Å². The van der Waals surface area contributed by atoms with Gasteiger partial charge in [0, 0.05) is 30.0 Å². The van der Waals surface area contributed by atoms with Crippen molar-refractivity contribution in [2.75, 3.05) is 18.4 Å². The number of hydrogen-bond acceptors (Lipinski definition) is 5. The number of carbonyl (C=O) groups excluding carboxylic acids is 2. The van der Waals surface area contributed by atoms with Gasteiger partial charge in [0.2, 0.25) is 23.5 Å². The Morgan fingerprint density at radius 3 is 2.67 bits per heavy atom. The maximum atomic E-state index is 13.8. The van der Waals surface area contributed by atoms with Crippen LogP contribution in [0.2, 0.25) is 10.0 Å². The first-order valence-corrected chi connectivity index (χ1v) is 11.1. The average Bonchev–Trinajstić information content (AvgIpc) is 3.25. The SMILES string of the molecule is CCCN(CC(=O)Nc1ccc(Cl)cc1Cl)C(=O)CCc1nc(-c2ccc(C)c(F)c2)no1. The smallest absolute Gasteiger partial charge is 0.244 e. The molecule has 2 amide bonds. The highest BCUT2D eigenvalue weighted by Gasteiger charge is 2.19. The lowest BCUT2D eigenvalue weighted by Crippen LogP contribution is -2.38. The van der Waals surface area contributed by atoms with Crippen molar-refractivity contribution in [1.82, 2.24) is 15.0 Å². The lowest BCUT2D eigenvalue weighted by molar-refractivity contribution is -0.134. The molecule has 0 unspecified atom stereocenters. The molecule has 7 nitrogen and oxygen atoms in total. The third-order valence-electron chi connectivity index (χ3n) is 4.84. The summed E-state index contributed by atoms with van der Waals surface area (Å²) in [5.74, 6) is -0.450. The molecule has 0 fully saturated rings. The highest BCUT2D eigenvalue weighted by atomic mass is 35.5.